The van der Waals surface area contributed by atoms with Crippen molar-refractivity contribution >= 4 is 23.5 Å². The third-order valence-electron chi connectivity index (χ3n) is 13.2. The average molecular weight is 615 g/mol. The zero-order chi connectivity index (χ0) is 32.3. The van der Waals surface area contributed by atoms with Gasteiger partial charge in [0, 0.05) is 41.6 Å². The van der Waals surface area contributed by atoms with Crippen molar-refractivity contribution in [3.05, 3.63) is 51.6 Å². The van der Waals surface area contributed by atoms with E-state index in [4.69, 9.17) is 9.84 Å². The molecule has 1 spiro atoms. The number of Topliss-reactive ketones (excluding diaryl/α,β-unsaturated/α-hetero) is 2. The Bertz CT molecular complexity index is 1600. The number of ketones is 2. The lowest BCUT2D eigenvalue weighted by molar-refractivity contribution is -0.138. The standard InChI is InChI=1S/C38H46O7/c1-20-31-26(34(43)37(5,44)38(20)15-16-38)19-35(2,3)33(31)25-18-22(45-30(42)8-6-7-29(40)41)17-21-9-10-23-24(32(21)25)13-14-36(4)27(23)11-12-28(36)39/h17-19,23-24,27,33,44H,6-16H2,1-5H3,(H,40,41)/t23?,24?,27?,33-,36-,37-/m0/s1. The molecule has 0 saturated heterocycles. The number of aliphatic hydroxyl groups is 1. The summed E-state index contributed by atoms with van der Waals surface area (Å²) in [6.45, 7) is 10.3. The minimum atomic E-state index is -1.43. The van der Waals surface area contributed by atoms with Crippen molar-refractivity contribution < 1.29 is 34.1 Å². The number of carboxylic acids is 1. The van der Waals surface area contributed by atoms with E-state index in [2.05, 4.69) is 33.8 Å². The number of carbonyl (C=O) groups excluding carboxylic acids is 3. The van der Waals surface area contributed by atoms with Gasteiger partial charge in [-0.1, -0.05) is 32.4 Å². The summed E-state index contributed by atoms with van der Waals surface area (Å²) < 4.78 is 5.92. The van der Waals surface area contributed by atoms with Gasteiger partial charge in [0.05, 0.1) is 0 Å². The fourth-order valence-corrected chi connectivity index (χ4v) is 10.7. The summed E-state index contributed by atoms with van der Waals surface area (Å²) in [5.74, 6) is 0.202. The van der Waals surface area contributed by atoms with Gasteiger partial charge in [-0.2, -0.15) is 0 Å². The van der Waals surface area contributed by atoms with Gasteiger partial charge in [0.1, 0.15) is 17.1 Å². The fraction of sp³-hybridized carbons (Fsp3) is 0.632. The van der Waals surface area contributed by atoms with Gasteiger partial charge in [-0.3, -0.25) is 19.2 Å². The van der Waals surface area contributed by atoms with Crippen LogP contribution in [0.1, 0.15) is 127 Å². The molecule has 0 heterocycles. The first-order chi connectivity index (χ1) is 21.1. The SMILES string of the molecule is CC1=C2C(=CC(C)(C)[C@H]2c2cc(OC(=O)CCCC(=O)O)cc3c2C2CC[C@]4(C)C(=O)CCC4C2CC3)C(=O)[C@](C)(O)C12CC2. The van der Waals surface area contributed by atoms with Crippen molar-refractivity contribution in [2.24, 2.45) is 28.1 Å². The van der Waals surface area contributed by atoms with Crippen LogP contribution in [-0.4, -0.2) is 39.3 Å². The van der Waals surface area contributed by atoms with E-state index in [1.807, 2.05) is 12.1 Å². The monoisotopic (exact) mass is 614 g/mol. The number of esters is 1. The van der Waals surface area contributed by atoms with Crippen LogP contribution in [-0.2, 0) is 25.6 Å². The van der Waals surface area contributed by atoms with Crippen molar-refractivity contribution in [3.8, 4) is 5.75 Å². The summed E-state index contributed by atoms with van der Waals surface area (Å²) in [6.07, 6.45) is 9.02. The number of carbonyl (C=O) groups is 4. The number of allylic oxidation sites excluding steroid dienone is 2. The molecule has 1 aromatic rings. The highest BCUT2D eigenvalue weighted by molar-refractivity contribution is 6.09. The van der Waals surface area contributed by atoms with Crippen LogP contribution < -0.4 is 4.74 Å². The second-order valence-electron chi connectivity index (χ2n) is 16.0. The third-order valence-corrected chi connectivity index (χ3v) is 13.2. The van der Waals surface area contributed by atoms with Crippen molar-refractivity contribution in [3.63, 3.8) is 0 Å². The molecule has 3 saturated carbocycles. The van der Waals surface area contributed by atoms with Crippen LogP contribution in [0.4, 0.5) is 0 Å². The van der Waals surface area contributed by atoms with E-state index in [9.17, 15) is 24.3 Å². The molecule has 0 bridgehead atoms. The summed E-state index contributed by atoms with van der Waals surface area (Å²) in [6, 6.07) is 4.03. The number of aliphatic carboxylic acids is 1. The number of ether oxygens (including phenoxy) is 1. The number of hydrogen-bond donors (Lipinski definition) is 2. The molecule has 45 heavy (non-hydrogen) atoms. The molecule has 240 valence electrons. The first kappa shape index (κ1) is 30.6. The van der Waals surface area contributed by atoms with Gasteiger partial charge < -0.3 is 14.9 Å². The summed E-state index contributed by atoms with van der Waals surface area (Å²) >= 11 is 0. The normalized spacial score (nSPS) is 35.4. The third kappa shape index (κ3) is 4.32. The Morgan fingerprint density at radius 3 is 2.40 bits per heavy atom. The summed E-state index contributed by atoms with van der Waals surface area (Å²) in [5, 5.41) is 20.6. The van der Waals surface area contributed by atoms with Gasteiger partial charge in [-0.05, 0) is 123 Å². The smallest absolute Gasteiger partial charge is 0.311 e. The molecule has 6 aliphatic carbocycles. The lowest BCUT2D eigenvalue weighted by Gasteiger charge is -2.49. The lowest BCUT2D eigenvalue weighted by atomic mass is 9.54. The van der Waals surface area contributed by atoms with Crippen LogP contribution in [0.5, 0.6) is 5.75 Å². The molecular formula is C38H46O7. The second-order valence-corrected chi connectivity index (χ2v) is 16.0. The Morgan fingerprint density at radius 2 is 1.71 bits per heavy atom. The van der Waals surface area contributed by atoms with Gasteiger partial charge in [0.2, 0.25) is 0 Å². The topological polar surface area (TPSA) is 118 Å². The number of carboxylic acid groups (broad SMARTS) is 1. The molecule has 7 rings (SSSR count). The lowest BCUT2D eigenvalue weighted by Crippen LogP contribution is -2.49. The summed E-state index contributed by atoms with van der Waals surface area (Å²) in [5.41, 5.74) is 3.68. The van der Waals surface area contributed by atoms with Crippen LogP contribution in [0, 0.1) is 28.1 Å². The molecule has 3 fully saturated rings. The second kappa shape index (κ2) is 9.97. The molecule has 6 aliphatic rings. The predicted octanol–water partition coefficient (Wildman–Crippen LogP) is 6.75. The summed E-state index contributed by atoms with van der Waals surface area (Å²) in [4.78, 5) is 50.9. The highest BCUT2D eigenvalue weighted by Crippen LogP contribution is 2.69. The Hall–Kier alpha value is -3.06. The highest BCUT2D eigenvalue weighted by atomic mass is 16.5. The average Bonchev–Trinajstić information content (AvgIpc) is 3.66. The van der Waals surface area contributed by atoms with Gasteiger partial charge in [-0.15, -0.1) is 0 Å². The van der Waals surface area contributed by atoms with E-state index < -0.39 is 28.4 Å². The predicted molar refractivity (Wildman–Crippen MR) is 168 cm³/mol. The quantitative estimate of drug-likeness (QED) is 0.269. The zero-order valence-electron chi connectivity index (χ0n) is 27.3. The fourth-order valence-electron chi connectivity index (χ4n) is 10.7. The first-order valence-corrected chi connectivity index (χ1v) is 17.0. The van der Waals surface area contributed by atoms with E-state index >= 15 is 0 Å². The largest absolute Gasteiger partial charge is 0.481 e. The molecule has 2 N–H and O–H groups in total. The molecule has 0 radical (unpaired) electrons. The van der Waals surface area contributed by atoms with Gasteiger partial charge >= 0.3 is 11.9 Å². The minimum absolute atomic E-state index is 0.0225. The molecular weight excluding hydrogens is 568 g/mol. The Balaban J connectivity index is 1.36. The van der Waals surface area contributed by atoms with E-state index in [0.717, 1.165) is 61.7 Å². The molecule has 0 aromatic heterocycles. The number of rotatable bonds is 6. The number of aryl methyl sites for hydroxylation is 1. The van der Waals surface area contributed by atoms with Gasteiger partial charge in [0.15, 0.2) is 5.78 Å². The maximum atomic E-state index is 14.0. The van der Waals surface area contributed by atoms with Crippen LogP contribution in [0.2, 0.25) is 0 Å². The number of fused-ring (bicyclic) bond motifs is 6. The van der Waals surface area contributed by atoms with Gasteiger partial charge in [0.25, 0.3) is 0 Å². The molecule has 0 amide bonds. The first-order valence-electron chi connectivity index (χ1n) is 17.0. The van der Waals surface area contributed by atoms with Crippen LogP contribution >= 0.6 is 0 Å². The molecule has 0 aliphatic heterocycles. The molecule has 1 aromatic carbocycles. The maximum absolute atomic E-state index is 14.0. The van der Waals surface area contributed by atoms with Crippen molar-refractivity contribution in [2.45, 2.75) is 123 Å². The van der Waals surface area contributed by atoms with Crippen molar-refractivity contribution in [1.29, 1.82) is 0 Å². The molecule has 6 atom stereocenters. The molecule has 7 heteroatoms. The number of benzene rings is 1. The number of hydrogen-bond acceptors (Lipinski definition) is 6. The van der Waals surface area contributed by atoms with Crippen LogP contribution in [0.3, 0.4) is 0 Å². The summed E-state index contributed by atoms with van der Waals surface area (Å²) in [7, 11) is 0. The minimum Gasteiger partial charge on any atom is -0.481 e. The Kier molecular flexibility index (Phi) is 6.78. The Labute approximate surface area is 265 Å². The highest BCUT2D eigenvalue weighted by Gasteiger charge is 2.66. The van der Waals surface area contributed by atoms with E-state index in [-0.39, 0.29) is 42.3 Å². The van der Waals surface area contributed by atoms with E-state index in [1.54, 1.807) is 6.92 Å². The molecule has 7 nitrogen and oxygen atoms in total. The molecule has 3 unspecified atom stereocenters. The maximum Gasteiger partial charge on any atom is 0.311 e. The van der Waals surface area contributed by atoms with Crippen LogP contribution in [0.25, 0.3) is 0 Å². The van der Waals surface area contributed by atoms with E-state index in [0.29, 0.717) is 35.4 Å². The van der Waals surface area contributed by atoms with Crippen molar-refractivity contribution in [2.75, 3.05) is 0 Å². The zero-order valence-corrected chi connectivity index (χ0v) is 27.3. The van der Waals surface area contributed by atoms with Crippen LogP contribution in [0.15, 0.2) is 34.9 Å². The Morgan fingerprint density at radius 1 is 0.978 bits per heavy atom. The van der Waals surface area contributed by atoms with E-state index in [1.165, 1.54) is 11.1 Å². The van der Waals surface area contributed by atoms with Gasteiger partial charge in [-0.25, -0.2) is 0 Å². The van der Waals surface area contributed by atoms with Crippen molar-refractivity contribution in [1.82, 2.24) is 0 Å².